The number of methoxy groups -OCH3 is 1. The summed E-state index contributed by atoms with van der Waals surface area (Å²) in [5, 5.41) is 0. The zero-order chi connectivity index (χ0) is 25.8. The zero-order valence-electron chi connectivity index (χ0n) is 20.5. The third-order valence-electron chi connectivity index (χ3n) is 6.57. The second-order valence-corrected chi connectivity index (χ2v) is 13.0. The summed E-state index contributed by atoms with van der Waals surface area (Å²) in [4.78, 5) is 2.30. The molecular formula is C26H32N2O6S2. The molecular weight excluding hydrogens is 500 g/mol. The maximum absolute atomic E-state index is 13.7. The van der Waals surface area contributed by atoms with E-state index in [0.29, 0.717) is 18.6 Å². The van der Waals surface area contributed by atoms with Crippen molar-refractivity contribution in [2.75, 3.05) is 33.0 Å². The highest BCUT2D eigenvalue weighted by molar-refractivity contribution is 7.91. The van der Waals surface area contributed by atoms with Crippen LogP contribution >= 0.6 is 0 Å². The Morgan fingerprint density at radius 1 is 0.972 bits per heavy atom. The standard InChI is InChI=1S/C26H32N2O6S2/c1-33-23-10-8-21(9-11-23)12-15-27-16-13-22(14-17-27)28(20-24-5-4-18-34-24)36(31,32)26-7-3-6-25(19-26)35(2,29)30/h3-11,18-19,22H,12-17,20H2,1-2H3. The van der Waals surface area contributed by atoms with Gasteiger partial charge in [-0.2, -0.15) is 4.31 Å². The topological polar surface area (TPSA) is 97.1 Å². The molecule has 194 valence electrons. The Hall–Kier alpha value is -2.66. The Balaban J connectivity index is 1.48. The highest BCUT2D eigenvalue weighted by atomic mass is 32.2. The number of hydrogen-bond acceptors (Lipinski definition) is 7. The first-order chi connectivity index (χ1) is 17.2. The third-order valence-corrected chi connectivity index (χ3v) is 9.58. The molecule has 1 aliphatic rings. The number of furan rings is 1. The van der Waals surface area contributed by atoms with E-state index >= 15 is 0 Å². The van der Waals surface area contributed by atoms with Gasteiger partial charge < -0.3 is 14.1 Å². The normalized spacial score (nSPS) is 15.9. The van der Waals surface area contributed by atoms with Gasteiger partial charge in [-0.15, -0.1) is 0 Å². The predicted octanol–water partition coefficient (Wildman–Crippen LogP) is 3.59. The van der Waals surface area contributed by atoms with E-state index < -0.39 is 19.9 Å². The van der Waals surface area contributed by atoms with E-state index in [2.05, 4.69) is 17.0 Å². The summed E-state index contributed by atoms with van der Waals surface area (Å²) in [7, 11) is -5.85. The van der Waals surface area contributed by atoms with E-state index in [1.807, 2.05) is 12.1 Å². The highest BCUT2D eigenvalue weighted by Crippen LogP contribution is 2.28. The minimum Gasteiger partial charge on any atom is -0.497 e. The van der Waals surface area contributed by atoms with Crippen LogP contribution in [0.4, 0.5) is 0 Å². The molecule has 0 amide bonds. The van der Waals surface area contributed by atoms with E-state index in [1.165, 1.54) is 40.4 Å². The van der Waals surface area contributed by atoms with E-state index in [0.717, 1.165) is 38.1 Å². The molecule has 10 heteroatoms. The Morgan fingerprint density at radius 2 is 1.67 bits per heavy atom. The van der Waals surface area contributed by atoms with Gasteiger partial charge in [-0.25, -0.2) is 16.8 Å². The van der Waals surface area contributed by atoms with Gasteiger partial charge in [0.25, 0.3) is 0 Å². The molecule has 0 saturated carbocycles. The summed E-state index contributed by atoms with van der Waals surface area (Å²) in [5.74, 6) is 1.37. The Bertz CT molecular complexity index is 1350. The maximum atomic E-state index is 13.7. The van der Waals surface area contributed by atoms with Gasteiger partial charge in [0.05, 0.1) is 29.7 Å². The first kappa shape index (κ1) is 26.4. The minimum atomic E-state index is -3.96. The van der Waals surface area contributed by atoms with Crippen LogP contribution in [0.1, 0.15) is 24.2 Å². The predicted molar refractivity (Wildman–Crippen MR) is 137 cm³/mol. The van der Waals surface area contributed by atoms with Crippen molar-refractivity contribution < 1.29 is 26.0 Å². The van der Waals surface area contributed by atoms with Crippen molar-refractivity contribution in [1.82, 2.24) is 9.21 Å². The molecule has 36 heavy (non-hydrogen) atoms. The lowest BCUT2D eigenvalue weighted by Crippen LogP contribution is -2.47. The summed E-state index contributed by atoms with van der Waals surface area (Å²) in [6.07, 6.45) is 4.84. The van der Waals surface area contributed by atoms with Crippen LogP contribution in [0.25, 0.3) is 0 Å². The van der Waals surface area contributed by atoms with Gasteiger partial charge in [0, 0.05) is 18.8 Å². The van der Waals surface area contributed by atoms with Crippen molar-refractivity contribution in [3.63, 3.8) is 0 Å². The molecule has 4 rings (SSSR count). The van der Waals surface area contributed by atoms with Gasteiger partial charge in [-0.1, -0.05) is 18.2 Å². The van der Waals surface area contributed by atoms with Crippen molar-refractivity contribution in [2.24, 2.45) is 0 Å². The molecule has 3 aromatic rings. The lowest BCUT2D eigenvalue weighted by Gasteiger charge is -2.37. The van der Waals surface area contributed by atoms with Crippen LogP contribution in [-0.4, -0.2) is 65.1 Å². The van der Waals surface area contributed by atoms with Gasteiger partial charge in [-0.05, 0) is 80.4 Å². The summed E-state index contributed by atoms with van der Waals surface area (Å²) in [6, 6.07) is 16.9. The monoisotopic (exact) mass is 532 g/mol. The maximum Gasteiger partial charge on any atom is 0.243 e. The van der Waals surface area contributed by atoms with E-state index in [-0.39, 0.29) is 22.4 Å². The lowest BCUT2D eigenvalue weighted by molar-refractivity contribution is 0.153. The smallest absolute Gasteiger partial charge is 0.243 e. The van der Waals surface area contributed by atoms with Gasteiger partial charge in [0.15, 0.2) is 9.84 Å². The Kier molecular flexibility index (Phi) is 8.19. The summed E-state index contributed by atoms with van der Waals surface area (Å²) < 4.78 is 63.7. The largest absolute Gasteiger partial charge is 0.497 e. The molecule has 1 saturated heterocycles. The molecule has 2 aromatic carbocycles. The SMILES string of the molecule is COc1ccc(CCN2CCC(N(Cc3ccco3)S(=O)(=O)c3cccc(S(C)(=O)=O)c3)CC2)cc1. The minimum absolute atomic E-state index is 0.0186. The molecule has 2 heterocycles. The first-order valence-electron chi connectivity index (χ1n) is 11.9. The molecule has 1 fully saturated rings. The number of sulfonamides is 1. The number of sulfone groups is 1. The third kappa shape index (κ3) is 6.36. The number of ether oxygens (including phenoxy) is 1. The molecule has 0 atom stereocenters. The summed E-state index contributed by atoms with van der Waals surface area (Å²) in [6.45, 7) is 2.53. The fraction of sp³-hybridized carbons (Fsp3) is 0.385. The Labute approximate surface area is 213 Å². The van der Waals surface area contributed by atoms with Crippen LogP contribution in [0.15, 0.2) is 81.1 Å². The number of hydrogen-bond donors (Lipinski definition) is 0. The van der Waals surface area contributed by atoms with Gasteiger partial charge in [-0.3, -0.25) is 0 Å². The number of piperidine rings is 1. The quantitative estimate of drug-likeness (QED) is 0.394. The van der Waals surface area contributed by atoms with E-state index in [1.54, 1.807) is 19.2 Å². The number of likely N-dealkylation sites (tertiary alicyclic amines) is 1. The van der Waals surface area contributed by atoms with Crippen molar-refractivity contribution in [3.05, 3.63) is 78.3 Å². The van der Waals surface area contributed by atoms with Crippen molar-refractivity contribution in [2.45, 2.75) is 41.6 Å². The second kappa shape index (κ2) is 11.2. The van der Waals surface area contributed by atoms with Crippen LogP contribution in [0, 0.1) is 0 Å². The van der Waals surface area contributed by atoms with Crippen molar-refractivity contribution >= 4 is 19.9 Å². The molecule has 0 aliphatic carbocycles. The molecule has 0 unspecified atom stereocenters. The Morgan fingerprint density at radius 3 is 2.28 bits per heavy atom. The van der Waals surface area contributed by atoms with E-state index in [4.69, 9.17) is 9.15 Å². The number of benzene rings is 2. The summed E-state index contributed by atoms with van der Waals surface area (Å²) >= 11 is 0. The lowest BCUT2D eigenvalue weighted by atomic mass is 10.0. The molecule has 0 bridgehead atoms. The average Bonchev–Trinajstić information content (AvgIpc) is 3.40. The van der Waals surface area contributed by atoms with Gasteiger partial charge >= 0.3 is 0 Å². The highest BCUT2D eigenvalue weighted by Gasteiger charge is 2.35. The fourth-order valence-corrected chi connectivity index (χ4v) is 6.92. The van der Waals surface area contributed by atoms with Crippen LogP contribution in [-0.2, 0) is 32.8 Å². The van der Waals surface area contributed by atoms with E-state index in [9.17, 15) is 16.8 Å². The zero-order valence-corrected chi connectivity index (χ0v) is 22.2. The van der Waals surface area contributed by atoms with Crippen LogP contribution in [0.5, 0.6) is 5.75 Å². The van der Waals surface area contributed by atoms with Gasteiger partial charge in [0.2, 0.25) is 10.0 Å². The second-order valence-electron chi connectivity index (χ2n) is 9.05. The van der Waals surface area contributed by atoms with Crippen LogP contribution < -0.4 is 4.74 Å². The molecule has 1 aliphatic heterocycles. The van der Waals surface area contributed by atoms with Gasteiger partial charge in [0.1, 0.15) is 11.5 Å². The van der Waals surface area contributed by atoms with Crippen LogP contribution in [0.2, 0.25) is 0 Å². The first-order valence-corrected chi connectivity index (χ1v) is 15.2. The molecule has 0 N–H and O–H groups in total. The fourth-order valence-electron chi connectivity index (χ4n) is 4.48. The van der Waals surface area contributed by atoms with Crippen LogP contribution in [0.3, 0.4) is 0 Å². The van der Waals surface area contributed by atoms with Crippen molar-refractivity contribution in [1.29, 1.82) is 0 Å². The average molecular weight is 533 g/mol. The molecule has 1 aromatic heterocycles. The van der Waals surface area contributed by atoms with Crippen molar-refractivity contribution in [3.8, 4) is 5.75 Å². The molecule has 0 spiro atoms. The molecule has 0 radical (unpaired) electrons. The molecule has 8 nitrogen and oxygen atoms in total. The number of rotatable bonds is 10. The summed E-state index contributed by atoms with van der Waals surface area (Å²) in [5.41, 5.74) is 1.23. The number of nitrogens with zero attached hydrogens (tertiary/aromatic N) is 2.